The molecule has 3 heteroatoms. The summed E-state index contributed by atoms with van der Waals surface area (Å²) in [7, 11) is 0. The summed E-state index contributed by atoms with van der Waals surface area (Å²) in [6.07, 6.45) is 0. The first-order valence-electron chi connectivity index (χ1n) is 16.2. The van der Waals surface area contributed by atoms with Crippen molar-refractivity contribution >= 4 is 32.3 Å². The van der Waals surface area contributed by atoms with Gasteiger partial charge in [0.25, 0.3) is 0 Å². The van der Waals surface area contributed by atoms with Gasteiger partial charge in [-0.25, -0.2) is 15.0 Å². The monoisotopic (exact) mass is 611 g/mol. The van der Waals surface area contributed by atoms with Crippen molar-refractivity contribution in [1.29, 1.82) is 0 Å². The first-order valence-corrected chi connectivity index (χ1v) is 16.2. The Kier molecular flexibility index (Phi) is 6.80. The highest BCUT2D eigenvalue weighted by Crippen LogP contribution is 2.37. The third-order valence-corrected chi connectivity index (χ3v) is 9.09. The predicted octanol–water partition coefficient (Wildman–Crippen LogP) is 11.7. The molecule has 0 amide bonds. The molecule has 0 aliphatic rings. The van der Waals surface area contributed by atoms with Crippen LogP contribution in [0.15, 0.2) is 176 Å². The van der Waals surface area contributed by atoms with Gasteiger partial charge < -0.3 is 0 Å². The molecule has 9 aromatic rings. The molecule has 0 saturated carbocycles. The summed E-state index contributed by atoms with van der Waals surface area (Å²) in [6, 6.07) is 61.9. The Morgan fingerprint density at radius 1 is 0.250 bits per heavy atom. The Bertz CT molecular complexity index is 2550. The second kappa shape index (κ2) is 11.7. The van der Waals surface area contributed by atoms with Crippen LogP contribution in [0.25, 0.3) is 88.7 Å². The zero-order chi connectivity index (χ0) is 31.9. The highest BCUT2D eigenvalue weighted by molar-refractivity contribution is 6.08. The van der Waals surface area contributed by atoms with Crippen molar-refractivity contribution in [2.75, 3.05) is 0 Å². The number of hydrogen-bond acceptors (Lipinski definition) is 3. The van der Waals surface area contributed by atoms with Gasteiger partial charge in [-0.05, 0) is 72.8 Å². The number of fused-ring (bicyclic) bond motifs is 4. The minimum absolute atomic E-state index is 0.656. The zero-order valence-electron chi connectivity index (χ0n) is 26.1. The van der Waals surface area contributed by atoms with Gasteiger partial charge >= 0.3 is 0 Å². The second-order valence-corrected chi connectivity index (χ2v) is 12.1. The van der Waals surface area contributed by atoms with Crippen LogP contribution in [-0.4, -0.2) is 15.0 Å². The molecule has 0 aliphatic carbocycles. The average molecular weight is 612 g/mol. The third kappa shape index (κ3) is 5.08. The molecule has 1 aromatic heterocycles. The van der Waals surface area contributed by atoms with E-state index < -0.39 is 0 Å². The molecule has 0 spiro atoms. The van der Waals surface area contributed by atoms with Gasteiger partial charge in [-0.2, -0.15) is 0 Å². The van der Waals surface area contributed by atoms with Gasteiger partial charge in [-0.15, -0.1) is 0 Å². The molecule has 0 atom stereocenters. The Hall–Kier alpha value is -6.45. The second-order valence-electron chi connectivity index (χ2n) is 12.1. The number of aromatic nitrogens is 3. The normalized spacial score (nSPS) is 11.3. The van der Waals surface area contributed by atoms with Crippen molar-refractivity contribution in [2.45, 2.75) is 0 Å². The first-order chi connectivity index (χ1) is 23.8. The van der Waals surface area contributed by atoms with Gasteiger partial charge in [-0.1, -0.05) is 158 Å². The van der Waals surface area contributed by atoms with E-state index in [1.54, 1.807) is 0 Å². The van der Waals surface area contributed by atoms with Gasteiger partial charge in [0.15, 0.2) is 17.5 Å². The minimum Gasteiger partial charge on any atom is -0.208 e. The van der Waals surface area contributed by atoms with Gasteiger partial charge in [0.1, 0.15) is 0 Å². The van der Waals surface area contributed by atoms with Gasteiger partial charge in [0, 0.05) is 16.7 Å². The van der Waals surface area contributed by atoms with Crippen molar-refractivity contribution in [3.05, 3.63) is 176 Å². The Labute approximate surface area is 278 Å². The maximum Gasteiger partial charge on any atom is 0.164 e. The molecule has 9 rings (SSSR count). The summed E-state index contributed by atoms with van der Waals surface area (Å²) in [5.74, 6) is 1.98. The van der Waals surface area contributed by atoms with Crippen molar-refractivity contribution in [3.8, 4) is 56.4 Å². The molecule has 0 fully saturated rings. The largest absolute Gasteiger partial charge is 0.208 e. The minimum atomic E-state index is 0.656. The predicted molar refractivity (Wildman–Crippen MR) is 200 cm³/mol. The van der Waals surface area contributed by atoms with Crippen LogP contribution in [0.4, 0.5) is 0 Å². The van der Waals surface area contributed by atoms with E-state index in [1.165, 1.54) is 43.8 Å². The summed E-state index contributed by atoms with van der Waals surface area (Å²) in [6.45, 7) is 0. The van der Waals surface area contributed by atoms with Crippen LogP contribution in [0.3, 0.4) is 0 Å². The number of rotatable bonds is 5. The SMILES string of the molecule is c1ccc(-c2nc(-c3ccccc3)nc(-c3ccc4cc(-c5ccccc5-c5ccc6c(ccc7ccccc76)c5)ccc4c3)n2)cc1. The molecule has 0 saturated heterocycles. The van der Waals surface area contributed by atoms with Crippen LogP contribution < -0.4 is 0 Å². The molecule has 0 unspecified atom stereocenters. The number of nitrogens with zero attached hydrogens (tertiary/aromatic N) is 3. The first kappa shape index (κ1) is 27.8. The quantitative estimate of drug-likeness (QED) is 0.182. The molecule has 224 valence electrons. The zero-order valence-corrected chi connectivity index (χ0v) is 26.1. The lowest BCUT2D eigenvalue weighted by Crippen LogP contribution is -2.00. The van der Waals surface area contributed by atoms with E-state index in [0.29, 0.717) is 17.5 Å². The lowest BCUT2D eigenvalue weighted by atomic mass is 9.91. The Morgan fingerprint density at radius 3 is 1.31 bits per heavy atom. The molecular weight excluding hydrogens is 583 g/mol. The van der Waals surface area contributed by atoms with E-state index in [-0.39, 0.29) is 0 Å². The van der Waals surface area contributed by atoms with Crippen LogP contribution in [0, 0.1) is 0 Å². The average Bonchev–Trinajstić information content (AvgIpc) is 3.17. The lowest BCUT2D eigenvalue weighted by molar-refractivity contribution is 1.07. The van der Waals surface area contributed by atoms with Gasteiger partial charge in [0.05, 0.1) is 0 Å². The lowest BCUT2D eigenvalue weighted by Gasteiger charge is -2.13. The van der Waals surface area contributed by atoms with Crippen LogP contribution >= 0.6 is 0 Å². The van der Waals surface area contributed by atoms with Crippen molar-refractivity contribution < 1.29 is 0 Å². The molecular formula is C45H29N3. The Balaban J connectivity index is 1.11. The smallest absolute Gasteiger partial charge is 0.164 e. The standard InChI is InChI=1S/C45H29N3/c1-3-12-31(13-4-1)43-46-44(32-14-5-2-6-15-32)48-45(47-43)38-24-21-33-27-35(23-20-34(33)28-38)40-17-9-10-18-41(40)37-25-26-42-36(29-37)22-19-30-11-7-8-16-39(30)42/h1-29H. The van der Waals surface area contributed by atoms with Crippen LogP contribution in [0.1, 0.15) is 0 Å². The molecule has 8 aromatic carbocycles. The molecule has 0 radical (unpaired) electrons. The summed E-state index contributed by atoms with van der Waals surface area (Å²) < 4.78 is 0. The van der Waals surface area contributed by atoms with E-state index in [0.717, 1.165) is 27.5 Å². The van der Waals surface area contributed by atoms with E-state index in [1.807, 2.05) is 60.7 Å². The molecule has 48 heavy (non-hydrogen) atoms. The van der Waals surface area contributed by atoms with Crippen LogP contribution in [0.5, 0.6) is 0 Å². The van der Waals surface area contributed by atoms with Crippen molar-refractivity contribution in [3.63, 3.8) is 0 Å². The molecule has 1 heterocycles. The molecule has 0 aliphatic heterocycles. The summed E-state index contributed by atoms with van der Waals surface area (Å²) in [5, 5.41) is 7.37. The fourth-order valence-corrected chi connectivity index (χ4v) is 6.66. The highest BCUT2D eigenvalue weighted by atomic mass is 15.0. The van der Waals surface area contributed by atoms with E-state index in [4.69, 9.17) is 15.0 Å². The highest BCUT2D eigenvalue weighted by Gasteiger charge is 2.14. The molecule has 0 N–H and O–H groups in total. The van der Waals surface area contributed by atoms with Crippen molar-refractivity contribution in [2.24, 2.45) is 0 Å². The number of benzene rings is 8. The summed E-state index contributed by atoms with van der Waals surface area (Å²) in [5.41, 5.74) is 7.70. The fraction of sp³-hybridized carbons (Fsp3) is 0. The van der Waals surface area contributed by atoms with E-state index >= 15 is 0 Å². The van der Waals surface area contributed by atoms with Gasteiger partial charge in [-0.3, -0.25) is 0 Å². The number of hydrogen-bond donors (Lipinski definition) is 0. The third-order valence-electron chi connectivity index (χ3n) is 9.09. The fourth-order valence-electron chi connectivity index (χ4n) is 6.66. The Morgan fingerprint density at radius 2 is 0.667 bits per heavy atom. The topological polar surface area (TPSA) is 38.7 Å². The van der Waals surface area contributed by atoms with E-state index in [2.05, 4.69) is 115 Å². The van der Waals surface area contributed by atoms with Crippen LogP contribution in [-0.2, 0) is 0 Å². The van der Waals surface area contributed by atoms with Crippen molar-refractivity contribution in [1.82, 2.24) is 15.0 Å². The summed E-state index contributed by atoms with van der Waals surface area (Å²) >= 11 is 0. The van der Waals surface area contributed by atoms with Crippen LogP contribution in [0.2, 0.25) is 0 Å². The van der Waals surface area contributed by atoms with E-state index in [9.17, 15) is 0 Å². The van der Waals surface area contributed by atoms with Gasteiger partial charge in [0.2, 0.25) is 0 Å². The molecule has 0 bridgehead atoms. The summed E-state index contributed by atoms with van der Waals surface area (Å²) in [4.78, 5) is 14.7. The maximum absolute atomic E-state index is 4.93. The molecule has 3 nitrogen and oxygen atoms in total. The maximum atomic E-state index is 4.93.